The Bertz CT molecular complexity index is 465. The number of aromatic nitrogens is 2. The molecule has 1 aliphatic heterocycles. The lowest BCUT2D eigenvalue weighted by Crippen LogP contribution is -2.37. The van der Waals surface area contributed by atoms with Gasteiger partial charge >= 0.3 is 0 Å². The maximum absolute atomic E-state index is 5.45. The zero-order valence-corrected chi connectivity index (χ0v) is 13.8. The number of nitrogens with zero attached hydrogens (tertiary/aromatic N) is 3. The van der Waals surface area contributed by atoms with Gasteiger partial charge in [-0.05, 0) is 12.8 Å². The first kappa shape index (κ1) is 16.2. The summed E-state index contributed by atoms with van der Waals surface area (Å²) in [5.74, 6) is 1.85. The molecule has 0 N–H and O–H groups in total. The van der Waals surface area contributed by atoms with E-state index in [0.717, 1.165) is 43.4 Å². The van der Waals surface area contributed by atoms with Crippen LogP contribution in [0.4, 0.5) is 5.82 Å². The molecule has 2 heterocycles. The van der Waals surface area contributed by atoms with E-state index in [9.17, 15) is 0 Å². The normalized spacial score (nSPS) is 17.0. The number of hydrogen-bond donors (Lipinski definition) is 0. The van der Waals surface area contributed by atoms with Crippen LogP contribution in [-0.2, 0) is 21.5 Å². The lowest BCUT2D eigenvalue weighted by atomic mass is 9.95. The molecule has 1 saturated heterocycles. The minimum Gasteiger partial charge on any atom is -0.381 e. The monoisotopic (exact) mass is 293 g/mol. The van der Waals surface area contributed by atoms with Crippen molar-refractivity contribution < 1.29 is 9.47 Å². The van der Waals surface area contributed by atoms with Gasteiger partial charge in [0, 0.05) is 44.9 Å². The van der Waals surface area contributed by atoms with E-state index in [2.05, 4.69) is 37.7 Å². The molecule has 118 valence electrons. The second-order valence-electron chi connectivity index (χ2n) is 6.68. The van der Waals surface area contributed by atoms with Gasteiger partial charge in [0.15, 0.2) is 0 Å². The second-order valence-corrected chi connectivity index (χ2v) is 6.68. The first-order chi connectivity index (χ1) is 9.91. The largest absolute Gasteiger partial charge is 0.381 e. The molecule has 0 radical (unpaired) electrons. The van der Waals surface area contributed by atoms with Crippen molar-refractivity contribution in [2.75, 3.05) is 32.3 Å². The summed E-state index contributed by atoms with van der Waals surface area (Å²) in [6, 6.07) is 2.52. The molecular formula is C16H27N3O2. The summed E-state index contributed by atoms with van der Waals surface area (Å²) < 4.78 is 10.7. The van der Waals surface area contributed by atoms with Crippen LogP contribution in [-0.4, -0.2) is 43.4 Å². The Morgan fingerprint density at radius 3 is 2.52 bits per heavy atom. The summed E-state index contributed by atoms with van der Waals surface area (Å²) in [7, 11) is 3.81. The highest BCUT2D eigenvalue weighted by Gasteiger charge is 2.23. The van der Waals surface area contributed by atoms with Crippen LogP contribution in [0.2, 0.25) is 0 Å². The second kappa shape index (κ2) is 6.71. The van der Waals surface area contributed by atoms with Gasteiger partial charge in [-0.1, -0.05) is 20.8 Å². The summed E-state index contributed by atoms with van der Waals surface area (Å²) >= 11 is 0. The Morgan fingerprint density at radius 2 is 1.95 bits per heavy atom. The van der Waals surface area contributed by atoms with E-state index < -0.39 is 0 Å². The average Bonchev–Trinajstić information content (AvgIpc) is 2.46. The minimum absolute atomic E-state index is 0.0744. The fourth-order valence-electron chi connectivity index (χ4n) is 2.48. The molecule has 1 aliphatic rings. The van der Waals surface area contributed by atoms with Gasteiger partial charge < -0.3 is 14.4 Å². The maximum atomic E-state index is 5.45. The van der Waals surface area contributed by atoms with Crippen molar-refractivity contribution >= 4 is 5.82 Å². The highest BCUT2D eigenvalue weighted by molar-refractivity contribution is 5.41. The lowest BCUT2D eigenvalue weighted by Gasteiger charge is -2.33. The lowest BCUT2D eigenvalue weighted by molar-refractivity contribution is 0.0853. The number of ether oxygens (including phenoxy) is 2. The summed E-state index contributed by atoms with van der Waals surface area (Å²) in [5, 5.41) is 0. The Labute approximate surface area is 127 Å². The van der Waals surface area contributed by atoms with Gasteiger partial charge in [-0.3, -0.25) is 0 Å². The van der Waals surface area contributed by atoms with Gasteiger partial charge in [0.2, 0.25) is 0 Å². The Balaban J connectivity index is 2.30. The Kier molecular flexibility index (Phi) is 5.17. The van der Waals surface area contributed by atoms with E-state index in [1.165, 1.54) is 0 Å². The summed E-state index contributed by atoms with van der Waals surface area (Å²) in [6.07, 6.45) is 2.09. The number of rotatable bonds is 4. The van der Waals surface area contributed by atoms with Crippen LogP contribution >= 0.6 is 0 Å². The van der Waals surface area contributed by atoms with Crippen LogP contribution in [0, 0.1) is 0 Å². The van der Waals surface area contributed by atoms with E-state index in [0.29, 0.717) is 12.6 Å². The smallest absolute Gasteiger partial charge is 0.136 e. The molecule has 1 aromatic heterocycles. The van der Waals surface area contributed by atoms with Crippen LogP contribution in [0.3, 0.4) is 0 Å². The third-order valence-corrected chi connectivity index (χ3v) is 3.83. The van der Waals surface area contributed by atoms with Gasteiger partial charge in [-0.2, -0.15) is 0 Å². The average molecular weight is 293 g/mol. The van der Waals surface area contributed by atoms with Crippen LogP contribution in [0.1, 0.15) is 45.1 Å². The van der Waals surface area contributed by atoms with Crippen LogP contribution in [0.25, 0.3) is 0 Å². The third-order valence-electron chi connectivity index (χ3n) is 3.83. The van der Waals surface area contributed by atoms with Gasteiger partial charge in [0.1, 0.15) is 11.6 Å². The van der Waals surface area contributed by atoms with E-state index in [-0.39, 0.29) is 5.41 Å². The van der Waals surface area contributed by atoms with Crippen LogP contribution in [0.5, 0.6) is 0 Å². The Hall–Kier alpha value is -1.20. The van der Waals surface area contributed by atoms with Gasteiger partial charge in [-0.15, -0.1) is 0 Å². The predicted octanol–water partition coefficient (Wildman–Crippen LogP) is 2.54. The molecule has 0 saturated carbocycles. The van der Waals surface area contributed by atoms with Gasteiger partial charge in [-0.25, -0.2) is 9.97 Å². The van der Waals surface area contributed by atoms with E-state index in [4.69, 9.17) is 14.5 Å². The standard InChI is InChI=1S/C16H27N3O2/c1-16(2,3)15-17-12(11-20-5)10-14(18-15)19(4)13-6-8-21-9-7-13/h10,13H,6-9,11H2,1-5H3. The molecule has 0 aliphatic carbocycles. The fourth-order valence-corrected chi connectivity index (χ4v) is 2.48. The van der Waals surface area contributed by atoms with E-state index in [1.807, 2.05) is 6.07 Å². The highest BCUT2D eigenvalue weighted by atomic mass is 16.5. The zero-order chi connectivity index (χ0) is 15.5. The van der Waals surface area contributed by atoms with Crippen molar-refractivity contribution in [3.05, 3.63) is 17.6 Å². The molecule has 0 bridgehead atoms. The molecular weight excluding hydrogens is 266 g/mol. The zero-order valence-electron chi connectivity index (χ0n) is 13.8. The third kappa shape index (κ3) is 4.14. The molecule has 1 aromatic rings. The first-order valence-electron chi connectivity index (χ1n) is 7.60. The molecule has 21 heavy (non-hydrogen) atoms. The number of hydrogen-bond acceptors (Lipinski definition) is 5. The van der Waals surface area contributed by atoms with Gasteiger partial charge in [0.05, 0.1) is 12.3 Å². The highest BCUT2D eigenvalue weighted by Crippen LogP contribution is 2.25. The van der Waals surface area contributed by atoms with E-state index >= 15 is 0 Å². The van der Waals surface area contributed by atoms with Crippen molar-refractivity contribution in [3.8, 4) is 0 Å². The van der Waals surface area contributed by atoms with E-state index in [1.54, 1.807) is 7.11 Å². The van der Waals surface area contributed by atoms with Crippen LogP contribution in [0.15, 0.2) is 6.07 Å². The minimum atomic E-state index is -0.0744. The van der Waals surface area contributed by atoms with Gasteiger partial charge in [0.25, 0.3) is 0 Å². The number of anilines is 1. The predicted molar refractivity (Wildman–Crippen MR) is 83.7 cm³/mol. The van der Waals surface area contributed by atoms with Crippen molar-refractivity contribution in [1.29, 1.82) is 0 Å². The molecule has 0 amide bonds. The quantitative estimate of drug-likeness (QED) is 0.853. The first-order valence-corrected chi connectivity index (χ1v) is 7.60. The molecule has 0 unspecified atom stereocenters. The summed E-state index contributed by atoms with van der Waals surface area (Å²) in [5.41, 5.74) is 0.862. The fraction of sp³-hybridized carbons (Fsp3) is 0.750. The SMILES string of the molecule is COCc1cc(N(C)C2CCOCC2)nc(C(C)(C)C)n1. The summed E-state index contributed by atoms with van der Waals surface area (Å²) in [4.78, 5) is 11.7. The van der Waals surface area contributed by atoms with Crippen molar-refractivity contribution in [2.24, 2.45) is 0 Å². The van der Waals surface area contributed by atoms with Crippen molar-refractivity contribution in [2.45, 2.75) is 51.7 Å². The molecule has 2 rings (SSSR count). The molecule has 0 atom stereocenters. The topological polar surface area (TPSA) is 47.5 Å². The molecule has 0 aromatic carbocycles. The number of methoxy groups -OCH3 is 1. The molecule has 1 fully saturated rings. The van der Waals surface area contributed by atoms with Crippen LogP contribution < -0.4 is 4.90 Å². The molecule has 5 heteroatoms. The maximum Gasteiger partial charge on any atom is 0.136 e. The summed E-state index contributed by atoms with van der Waals surface area (Å²) in [6.45, 7) is 8.58. The Morgan fingerprint density at radius 1 is 1.29 bits per heavy atom. The molecule has 0 spiro atoms. The van der Waals surface area contributed by atoms with Crippen molar-refractivity contribution in [1.82, 2.24) is 9.97 Å². The van der Waals surface area contributed by atoms with Crippen molar-refractivity contribution in [3.63, 3.8) is 0 Å². The molecule has 5 nitrogen and oxygen atoms in total.